The number of pyridine rings is 1. The number of benzene rings is 4. The summed E-state index contributed by atoms with van der Waals surface area (Å²) in [7, 11) is 2.11. The Morgan fingerprint density at radius 3 is 2.12 bits per heavy atom. The van der Waals surface area contributed by atoms with Crippen LogP contribution in [0.1, 0.15) is 5.56 Å². The largest absolute Gasteiger partial charge is 0.213 e. The zero-order chi connectivity index (χ0) is 17.7. The highest BCUT2D eigenvalue weighted by Gasteiger charge is 2.16. The zero-order valence-corrected chi connectivity index (χ0v) is 15.0. The minimum Gasteiger partial charge on any atom is -0.201 e. The third-order valence-corrected chi connectivity index (χ3v) is 5.44. The van der Waals surface area contributed by atoms with Crippen molar-refractivity contribution in [1.82, 2.24) is 0 Å². The minimum atomic E-state index is 1.25. The summed E-state index contributed by atoms with van der Waals surface area (Å²) in [6.07, 6.45) is 2.11. The summed E-state index contributed by atoms with van der Waals surface area (Å²) >= 11 is 0. The van der Waals surface area contributed by atoms with Crippen molar-refractivity contribution < 1.29 is 4.57 Å². The van der Waals surface area contributed by atoms with Crippen molar-refractivity contribution >= 4 is 32.3 Å². The summed E-state index contributed by atoms with van der Waals surface area (Å²) in [6, 6.07) is 28.6. The van der Waals surface area contributed by atoms with Crippen LogP contribution in [-0.4, -0.2) is 0 Å². The fourth-order valence-corrected chi connectivity index (χ4v) is 4.14. The molecular formula is C25H20N+. The first-order valence-corrected chi connectivity index (χ1v) is 9.03. The normalized spacial score (nSPS) is 11.5. The van der Waals surface area contributed by atoms with Gasteiger partial charge in [-0.15, -0.1) is 0 Å². The molecule has 0 fully saturated rings. The van der Waals surface area contributed by atoms with Gasteiger partial charge in [-0.3, -0.25) is 0 Å². The van der Waals surface area contributed by atoms with Gasteiger partial charge in [-0.2, -0.15) is 0 Å². The highest BCUT2D eigenvalue weighted by molar-refractivity contribution is 6.19. The van der Waals surface area contributed by atoms with Gasteiger partial charge in [0.2, 0.25) is 5.69 Å². The Balaban J connectivity index is 1.94. The van der Waals surface area contributed by atoms with Crippen molar-refractivity contribution in [1.29, 1.82) is 0 Å². The van der Waals surface area contributed by atoms with Crippen LogP contribution >= 0.6 is 0 Å². The van der Waals surface area contributed by atoms with Gasteiger partial charge < -0.3 is 0 Å². The van der Waals surface area contributed by atoms with Crippen molar-refractivity contribution in [2.24, 2.45) is 7.05 Å². The maximum atomic E-state index is 2.29. The molecule has 0 spiro atoms. The fraction of sp³-hybridized carbons (Fsp3) is 0.0800. The molecule has 5 aromatic rings. The van der Waals surface area contributed by atoms with E-state index in [0.29, 0.717) is 0 Å². The average molecular weight is 334 g/mol. The number of hydrogen-bond donors (Lipinski definition) is 0. The van der Waals surface area contributed by atoms with Crippen molar-refractivity contribution in [2.75, 3.05) is 0 Å². The molecule has 0 aliphatic heterocycles. The minimum absolute atomic E-state index is 1.25. The second-order valence-corrected chi connectivity index (χ2v) is 7.00. The number of aromatic nitrogens is 1. The lowest BCUT2D eigenvalue weighted by Crippen LogP contribution is -2.30. The molecule has 1 aromatic heterocycles. The first kappa shape index (κ1) is 15.1. The van der Waals surface area contributed by atoms with Crippen LogP contribution < -0.4 is 4.57 Å². The quantitative estimate of drug-likeness (QED) is 0.263. The van der Waals surface area contributed by atoms with Gasteiger partial charge in [0.25, 0.3) is 0 Å². The first-order valence-electron chi connectivity index (χ1n) is 9.03. The van der Waals surface area contributed by atoms with Crippen LogP contribution in [0.2, 0.25) is 0 Å². The van der Waals surface area contributed by atoms with Crippen LogP contribution in [0.3, 0.4) is 0 Å². The van der Waals surface area contributed by atoms with Gasteiger partial charge >= 0.3 is 0 Å². The zero-order valence-electron chi connectivity index (χ0n) is 15.0. The fourth-order valence-electron chi connectivity index (χ4n) is 4.14. The Hall–Kier alpha value is -3.19. The van der Waals surface area contributed by atoms with E-state index in [1.165, 1.54) is 49.1 Å². The number of hydrogen-bond acceptors (Lipinski definition) is 0. The van der Waals surface area contributed by atoms with Crippen LogP contribution in [0, 0.1) is 6.92 Å². The molecule has 1 nitrogen and oxygen atoms in total. The Morgan fingerprint density at radius 2 is 1.23 bits per heavy atom. The van der Waals surface area contributed by atoms with E-state index in [0.717, 1.165) is 0 Å². The predicted octanol–water partition coefficient (Wildman–Crippen LogP) is 5.95. The van der Waals surface area contributed by atoms with Gasteiger partial charge in [0, 0.05) is 12.1 Å². The van der Waals surface area contributed by atoms with Gasteiger partial charge in [-0.25, -0.2) is 4.57 Å². The highest BCUT2D eigenvalue weighted by atomic mass is 14.9. The summed E-state index contributed by atoms with van der Waals surface area (Å²) in [6.45, 7) is 2.20. The second kappa shape index (κ2) is 5.67. The highest BCUT2D eigenvalue weighted by Crippen LogP contribution is 2.36. The Bertz CT molecular complexity index is 1300. The van der Waals surface area contributed by atoms with Crippen molar-refractivity contribution in [2.45, 2.75) is 6.92 Å². The van der Waals surface area contributed by atoms with Crippen LogP contribution in [0.15, 0.2) is 85.1 Å². The van der Waals surface area contributed by atoms with Crippen LogP contribution in [0.5, 0.6) is 0 Å². The van der Waals surface area contributed by atoms with Crippen molar-refractivity contribution in [3.05, 3.63) is 90.6 Å². The SMILES string of the molecule is Cc1ccc2c(ccc3c4ccccc4ccc23)c1-c1cccc[n+]1C. The van der Waals surface area contributed by atoms with Crippen LogP contribution in [-0.2, 0) is 7.05 Å². The van der Waals surface area contributed by atoms with Gasteiger partial charge in [-0.05, 0) is 50.9 Å². The number of rotatable bonds is 1. The van der Waals surface area contributed by atoms with Gasteiger partial charge in [0.05, 0.1) is 5.56 Å². The maximum absolute atomic E-state index is 2.29. The van der Waals surface area contributed by atoms with E-state index in [9.17, 15) is 0 Å². The smallest absolute Gasteiger partial charge is 0.201 e. The van der Waals surface area contributed by atoms with E-state index < -0.39 is 0 Å². The molecule has 26 heavy (non-hydrogen) atoms. The molecule has 0 radical (unpaired) electrons. The average Bonchev–Trinajstić information content (AvgIpc) is 2.68. The van der Waals surface area contributed by atoms with E-state index >= 15 is 0 Å². The molecule has 1 heterocycles. The standard InChI is InChI=1S/C25H20N/c1-17-10-12-22-21-13-11-18-7-3-4-8-19(18)20(21)14-15-23(22)25(17)24-9-5-6-16-26(24)2/h3-16H,1-2H3/q+1. The third kappa shape index (κ3) is 2.14. The second-order valence-electron chi connectivity index (χ2n) is 7.00. The summed E-state index contributed by atoms with van der Waals surface area (Å²) in [4.78, 5) is 0. The predicted molar refractivity (Wildman–Crippen MR) is 110 cm³/mol. The molecule has 124 valence electrons. The number of aryl methyl sites for hydroxylation is 2. The Kier molecular flexibility index (Phi) is 3.29. The number of fused-ring (bicyclic) bond motifs is 5. The Morgan fingerprint density at radius 1 is 0.577 bits per heavy atom. The monoisotopic (exact) mass is 334 g/mol. The molecule has 5 rings (SSSR count). The first-order chi connectivity index (χ1) is 12.7. The molecule has 0 N–H and O–H groups in total. The van der Waals surface area contributed by atoms with E-state index in [1.54, 1.807) is 0 Å². The van der Waals surface area contributed by atoms with Crippen molar-refractivity contribution in [3.8, 4) is 11.3 Å². The lowest BCUT2D eigenvalue weighted by atomic mass is 9.91. The lowest BCUT2D eigenvalue weighted by Gasteiger charge is -2.12. The molecule has 1 heteroatoms. The molecule has 0 aliphatic carbocycles. The maximum Gasteiger partial charge on any atom is 0.213 e. The lowest BCUT2D eigenvalue weighted by molar-refractivity contribution is -0.660. The van der Waals surface area contributed by atoms with Crippen molar-refractivity contribution in [3.63, 3.8) is 0 Å². The third-order valence-electron chi connectivity index (χ3n) is 5.44. The molecule has 0 bridgehead atoms. The number of nitrogens with zero attached hydrogens (tertiary/aromatic N) is 1. The van der Waals surface area contributed by atoms with E-state index in [-0.39, 0.29) is 0 Å². The topological polar surface area (TPSA) is 3.88 Å². The molecule has 0 amide bonds. The van der Waals surface area contributed by atoms with E-state index in [4.69, 9.17) is 0 Å². The van der Waals surface area contributed by atoms with Gasteiger partial charge in [0.1, 0.15) is 7.05 Å². The molecule has 0 unspecified atom stereocenters. The molecule has 0 saturated carbocycles. The Labute approximate surface area is 153 Å². The summed E-state index contributed by atoms with van der Waals surface area (Å²) < 4.78 is 2.20. The summed E-state index contributed by atoms with van der Waals surface area (Å²) in [5, 5.41) is 7.89. The van der Waals surface area contributed by atoms with E-state index in [2.05, 4.69) is 104 Å². The van der Waals surface area contributed by atoms with Gasteiger partial charge in [0.15, 0.2) is 6.20 Å². The van der Waals surface area contributed by atoms with Crippen LogP contribution in [0.25, 0.3) is 43.6 Å². The molecule has 0 atom stereocenters. The molecule has 0 saturated heterocycles. The summed E-state index contributed by atoms with van der Waals surface area (Å²) in [5.74, 6) is 0. The molecule has 4 aromatic carbocycles. The summed E-state index contributed by atoms with van der Waals surface area (Å²) in [5.41, 5.74) is 3.87. The van der Waals surface area contributed by atoms with E-state index in [1.807, 2.05) is 0 Å². The van der Waals surface area contributed by atoms with Gasteiger partial charge in [-0.1, -0.05) is 60.7 Å². The molecular weight excluding hydrogens is 314 g/mol. The molecule has 0 aliphatic rings. The van der Waals surface area contributed by atoms with Crippen LogP contribution in [0.4, 0.5) is 0 Å².